The number of nitrogen functional groups attached to an aromatic ring is 1. The molecule has 1 aliphatic rings. The lowest BCUT2D eigenvalue weighted by atomic mass is 10.2. The van der Waals surface area contributed by atoms with E-state index in [1.54, 1.807) is 0 Å². The normalized spacial score (nSPS) is 20.1. The number of nitrogens with one attached hydrogen (secondary N) is 2. The zero-order valence-corrected chi connectivity index (χ0v) is 9.85. The second kappa shape index (κ2) is 5.36. The molecule has 0 spiro atoms. The van der Waals surface area contributed by atoms with Crippen LogP contribution in [-0.2, 0) is 6.42 Å². The quantitative estimate of drug-likeness (QED) is 0.689. The molecule has 1 atom stereocenters. The van der Waals surface area contributed by atoms with Gasteiger partial charge in [-0.25, -0.2) is 4.98 Å². The minimum absolute atomic E-state index is 0.182. The maximum Gasteiger partial charge on any atom is 0.252 e. The molecule has 0 radical (unpaired) electrons. The Labute approximate surface area is 98.2 Å². The summed E-state index contributed by atoms with van der Waals surface area (Å²) < 4.78 is 0. The topological polar surface area (TPSA) is 83.8 Å². The number of aromatic nitrogens is 2. The number of H-pyrrole nitrogens is 1. The molecule has 0 aliphatic carbocycles. The minimum Gasteiger partial charge on any atom is -0.383 e. The van der Waals surface area contributed by atoms with E-state index >= 15 is 0 Å². The van der Waals surface area contributed by atoms with Crippen molar-refractivity contribution in [2.75, 3.05) is 23.8 Å². The van der Waals surface area contributed by atoms with Crippen molar-refractivity contribution in [3.63, 3.8) is 0 Å². The first-order chi connectivity index (χ1) is 7.74. The maximum atomic E-state index is 11.1. The predicted molar refractivity (Wildman–Crippen MR) is 66.7 cm³/mol. The van der Waals surface area contributed by atoms with Crippen molar-refractivity contribution in [2.45, 2.75) is 18.9 Å². The lowest BCUT2D eigenvalue weighted by Gasteiger charge is -2.10. The summed E-state index contributed by atoms with van der Waals surface area (Å²) in [7, 11) is 0. The molecule has 2 heterocycles. The molecule has 2 rings (SSSR count). The van der Waals surface area contributed by atoms with Gasteiger partial charge in [0.15, 0.2) is 0 Å². The van der Waals surface area contributed by atoms with Gasteiger partial charge in [-0.05, 0) is 12.2 Å². The maximum absolute atomic E-state index is 11.1. The van der Waals surface area contributed by atoms with Gasteiger partial charge in [0, 0.05) is 30.8 Å². The van der Waals surface area contributed by atoms with Gasteiger partial charge in [0.25, 0.3) is 5.56 Å². The Hall–Kier alpha value is -1.01. The van der Waals surface area contributed by atoms with Gasteiger partial charge in [0.2, 0.25) is 0 Å². The molecule has 1 aliphatic heterocycles. The fourth-order valence-electron chi connectivity index (χ4n) is 1.74. The molecule has 1 fully saturated rings. The molecule has 1 aromatic heterocycles. The monoisotopic (exact) mass is 240 g/mol. The second-order valence-corrected chi connectivity index (χ2v) is 5.03. The van der Waals surface area contributed by atoms with Gasteiger partial charge in [-0.2, -0.15) is 11.8 Å². The lowest BCUT2D eigenvalue weighted by Crippen LogP contribution is -2.31. The fraction of sp³-hybridized carbons (Fsp3) is 0.600. The third-order valence-corrected chi connectivity index (χ3v) is 3.70. The number of hydrogen-bond donors (Lipinski definition) is 3. The van der Waals surface area contributed by atoms with Crippen LogP contribution in [0.2, 0.25) is 0 Å². The summed E-state index contributed by atoms with van der Waals surface area (Å²) in [6.07, 6.45) is 1.94. The number of rotatable bonds is 4. The molecular weight excluding hydrogens is 224 g/mol. The Kier molecular flexibility index (Phi) is 3.84. The Morgan fingerprint density at radius 1 is 1.69 bits per heavy atom. The lowest BCUT2D eigenvalue weighted by molar-refractivity contribution is 0.555. The third-order valence-electron chi connectivity index (χ3n) is 2.54. The van der Waals surface area contributed by atoms with Crippen molar-refractivity contribution in [3.8, 4) is 0 Å². The fourth-order valence-corrected chi connectivity index (χ4v) is 2.92. The van der Waals surface area contributed by atoms with Crippen LogP contribution >= 0.6 is 11.8 Å². The molecule has 0 saturated carbocycles. The average Bonchev–Trinajstić information content (AvgIpc) is 2.69. The number of hydrogen-bond acceptors (Lipinski definition) is 5. The van der Waals surface area contributed by atoms with Gasteiger partial charge in [-0.3, -0.25) is 4.79 Å². The number of nitrogens with two attached hydrogens (primary N) is 1. The van der Waals surface area contributed by atoms with Gasteiger partial charge in [-0.1, -0.05) is 0 Å². The highest BCUT2D eigenvalue weighted by atomic mass is 32.2. The van der Waals surface area contributed by atoms with E-state index in [9.17, 15) is 4.79 Å². The summed E-state index contributed by atoms with van der Waals surface area (Å²) in [5.41, 5.74) is 5.32. The summed E-state index contributed by atoms with van der Waals surface area (Å²) in [6, 6.07) is 1.91. The second-order valence-electron chi connectivity index (χ2n) is 3.88. The molecule has 88 valence electrons. The van der Waals surface area contributed by atoms with E-state index in [0.29, 0.717) is 18.3 Å². The Morgan fingerprint density at radius 3 is 3.25 bits per heavy atom. The Morgan fingerprint density at radius 2 is 2.56 bits per heavy atom. The molecule has 1 unspecified atom stereocenters. The molecule has 0 aromatic carbocycles. The zero-order valence-electron chi connectivity index (χ0n) is 9.03. The first kappa shape index (κ1) is 11.5. The van der Waals surface area contributed by atoms with E-state index in [4.69, 9.17) is 5.73 Å². The minimum atomic E-state index is -0.182. The van der Waals surface area contributed by atoms with Crippen molar-refractivity contribution in [1.29, 1.82) is 0 Å². The highest BCUT2D eigenvalue weighted by Gasteiger charge is 2.14. The van der Waals surface area contributed by atoms with E-state index < -0.39 is 0 Å². The van der Waals surface area contributed by atoms with E-state index in [0.717, 1.165) is 6.54 Å². The van der Waals surface area contributed by atoms with E-state index in [-0.39, 0.29) is 11.4 Å². The molecule has 1 aromatic rings. The number of anilines is 1. The Bertz CT molecular complexity index is 400. The van der Waals surface area contributed by atoms with Gasteiger partial charge in [-0.15, -0.1) is 0 Å². The highest BCUT2D eigenvalue weighted by molar-refractivity contribution is 7.99. The molecule has 6 heteroatoms. The summed E-state index contributed by atoms with van der Waals surface area (Å²) in [4.78, 5) is 17.9. The molecular formula is C10H16N4OS. The van der Waals surface area contributed by atoms with Crippen LogP contribution in [-0.4, -0.2) is 34.1 Å². The summed E-state index contributed by atoms with van der Waals surface area (Å²) >= 11 is 1.98. The van der Waals surface area contributed by atoms with Gasteiger partial charge in [0.05, 0.1) is 0 Å². The summed E-state index contributed by atoms with van der Waals surface area (Å²) in [6.45, 7) is 0.831. The zero-order chi connectivity index (χ0) is 11.4. The van der Waals surface area contributed by atoms with Gasteiger partial charge in [0.1, 0.15) is 11.6 Å². The van der Waals surface area contributed by atoms with Crippen LogP contribution in [0.3, 0.4) is 0 Å². The van der Waals surface area contributed by atoms with Crippen LogP contribution in [0.4, 0.5) is 5.82 Å². The Balaban J connectivity index is 1.82. The number of aromatic amines is 1. The van der Waals surface area contributed by atoms with Crippen LogP contribution in [0.1, 0.15) is 12.2 Å². The van der Waals surface area contributed by atoms with Gasteiger partial charge < -0.3 is 16.0 Å². The van der Waals surface area contributed by atoms with E-state index in [1.807, 2.05) is 11.8 Å². The van der Waals surface area contributed by atoms with Crippen LogP contribution in [0.25, 0.3) is 0 Å². The highest BCUT2D eigenvalue weighted by Crippen LogP contribution is 2.16. The molecule has 0 bridgehead atoms. The summed E-state index contributed by atoms with van der Waals surface area (Å²) in [5.74, 6) is 3.37. The molecule has 1 saturated heterocycles. The average molecular weight is 240 g/mol. The van der Waals surface area contributed by atoms with Crippen molar-refractivity contribution in [2.24, 2.45) is 0 Å². The predicted octanol–water partition coefficient (Wildman–Crippen LogP) is -0.0103. The van der Waals surface area contributed by atoms with Crippen LogP contribution in [0.15, 0.2) is 10.9 Å². The van der Waals surface area contributed by atoms with Crippen molar-refractivity contribution in [1.82, 2.24) is 15.3 Å². The first-order valence-electron chi connectivity index (χ1n) is 5.41. The summed E-state index contributed by atoms with van der Waals surface area (Å²) in [5, 5.41) is 3.45. The van der Waals surface area contributed by atoms with Crippen molar-refractivity contribution < 1.29 is 0 Å². The van der Waals surface area contributed by atoms with E-state index in [1.165, 1.54) is 24.0 Å². The molecule has 5 nitrogen and oxygen atoms in total. The molecule has 16 heavy (non-hydrogen) atoms. The SMILES string of the molecule is Nc1cc(=O)[nH]c(CCNC2CCSC2)n1. The number of thioether (sulfide) groups is 1. The third kappa shape index (κ3) is 3.24. The standard InChI is InChI=1S/C10H16N4OS/c11-8-5-10(15)14-9(13-8)1-3-12-7-2-4-16-6-7/h5,7,12H,1-4,6H2,(H3,11,13,14,15). The first-order valence-corrected chi connectivity index (χ1v) is 6.56. The van der Waals surface area contributed by atoms with Gasteiger partial charge >= 0.3 is 0 Å². The largest absolute Gasteiger partial charge is 0.383 e. The van der Waals surface area contributed by atoms with Crippen molar-refractivity contribution in [3.05, 3.63) is 22.2 Å². The van der Waals surface area contributed by atoms with E-state index in [2.05, 4.69) is 15.3 Å². The van der Waals surface area contributed by atoms with Crippen LogP contribution < -0.4 is 16.6 Å². The van der Waals surface area contributed by atoms with Crippen molar-refractivity contribution >= 4 is 17.6 Å². The van der Waals surface area contributed by atoms with Crippen LogP contribution in [0, 0.1) is 0 Å². The van der Waals surface area contributed by atoms with Crippen LogP contribution in [0.5, 0.6) is 0 Å². The number of nitrogens with zero attached hydrogens (tertiary/aromatic N) is 1. The smallest absolute Gasteiger partial charge is 0.252 e. The molecule has 0 amide bonds. The molecule has 4 N–H and O–H groups in total.